The molecule has 0 aliphatic heterocycles. The molecule has 0 fully saturated rings. The number of hydrogen-bond acceptors (Lipinski definition) is 4. The van der Waals surface area contributed by atoms with Crippen molar-refractivity contribution < 1.29 is 12.9 Å². The molecular formula is C3H11NO3S2. The molecule has 0 aromatic carbocycles. The van der Waals surface area contributed by atoms with Gasteiger partial charge in [-0.25, -0.2) is 0 Å². The van der Waals surface area contributed by atoms with Gasteiger partial charge in [-0.2, -0.15) is 4.21 Å². The van der Waals surface area contributed by atoms with Crippen LogP contribution in [-0.2, 0) is 24.4 Å². The van der Waals surface area contributed by atoms with Gasteiger partial charge in [0.2, 0.25) is 0 Å². The van der Waals surface area contributed by atoms with Crippen LogP contribution in [0.25, 0.3) is 0 Å². The van der Waals surface area contributed by atoms with Gasteiger partial charge >= 0.3 is 0 Å². The summed E-state index contributed by atoms with van der Waals surface area (Å²) in [6.45, 7) is 2.08. The second-order valence-electron chi connectivity index (χ2n) is 1.25. The molecule has 0 spiro atoms. The van der Waals surface area contributed by atoms with Gasteiger partial charge in [0, 0.05) is 11.2 Å². The first-order chi connectivity index (χ1) is 3.56. The second-order valence-corrected chi connectivity index (χ2v) is 3.60. The van der Waals surface area contributed by atoms with E-state index >= 15 is 0 Å². The zero-order valence-corrected chi connectivity index (χ0v) is 6.83. The van der Waals surface area contributed by atoms with Crippen LogP contribution < -0.4 is 6.15 Å². The van der Waals surface area contributed by atoms with E-state index < -0.39 is 9.05 Å². The summed E-state index contributed by atoms with van der Waals surface area (Å²) in [7, 11) is -3.35. The summed E-state index contributed by atoms with van der Waals surface area (Å²) < 4.78 is 22.6. The fourth-order valence-corrected chi connectivity index (χ4v) is 0.770. The average molecular weight is 173 g/mol. The Morgan fingerprint density at radius 3 is 2.33 bits per heavy atom. The van der Waals surface area contributed by atoms with Crippen molar-refractivity contribution in [3.05, 3.63) is 0 Å². The standard InChI is InChI=1S/C3H8O3S2.H3N/c1-2-3-6-8(4,5)7;/h2-3H2,1H3,(H,4,5,7);1H3. The Morgan fingerprint density at radius 1 is 1.78 bits per heavy atom. The first kappa shape index (κ1) is 12.0. The molecule has 4 N–H and O–H groups in total. The zero-order valence-electron chi connectivity index (χ0n) is 5.20. The molecule has 0 aliphatic carbocycles. The molecule has 0 rings (SSSR count). The van der Waals surface area contributed by atoms with Crippen molar-refractivity contribution >= 4 is 20.2 Å². The van der Waals surface area contributed by atoms with Crippen molar-refractivity contribution in [2.45, 2.75) is 13.3 Å². The highest BCUT2D eigenvalue weighted by Gasteiger charge is 1.94. The Morgan fingerprint density at radius 2 is 2.22 bits per heavy atom. The summed E-state index contributed by atoms with van der Waals surface area (Å²) in [5.41, 5.74) is 0. The molecule has 0 aromatic rings. The van der Waals surface area contributed by atoms with Crippen molar-refractivity contribution in [1.29, 1.82) is 0 Å². The van der Waals surface area contributed by atoms with Crippen LogP contribution in [0.4, 0.5) is 0 Å². The SMILES string of the molecule is CCCOS(=O)(O)=S.N. The van der Waals surface area contributed by atoms with Gasteiger partial charge in [-0.3, -0.25) is 8.74 Å². The van der Waals surface area contributed by atoms with E-state index in [1.165, 1.54) is 0 Å². The molecule has 0 radical (unpaired) electrons. The van der Waals surface area contributed by atoms with Crippen molar-refractivity contribution in [3.8, 4) is 0 Å². The van der Waals surface area contributed by atoms with Crippen LogP contribution in [0.15, 0.2) is 0 Å². The monoisotopic (exact) mass is 173 g/mol. The molecule has 9 heavy (non-hydrogen) atoms. The van der Waals surface area contributed by atoms with Gasteiger partial charge in [-0.05, 0) is 6.42 Å². The minimum absolute atomic E-state index is 0. The van der Waals surface area contributed by atoms with E-state index in [0.29, 0.717) is 6.42 Å². The van der Waals surface area contributed by atoms with Crippen LogP contribution in [0.2, 0.25) is 0 Å². The lowest BCUT2D eigenvalue weighted by molar-refractivity contribution is 0.304. The smallest absolute Gasteiger partial charge is 0.266 e. The minimum Gasteiger partial charge on any atom is -0.344 e. The molecule has 0 saturated heterocycles. The average Bonchev–Trinajstić information content (AvgIpc) is 1.59. The lowest BCUT2D eigenvalue weighted by Gasteiger charge is -1.95. The third-order valence-electron chi connectivity index (χ3n) is 0.436. The summed E-state index contributed by atoms with van der Waals surface area (Å²) in [6, 6.07) is 0. The molecular weight excluding hydrogens is 162 g/mol. The highest BCUT2D eigenvalue weighted by molar-refractivity contribution is 8.27. The summed E-state index contributed by atoms with van der Waals surface area (Å²) in [4.78, 5) is 0. The van der Waals surface area contributed by atoms with E-state index in [1.807, 2.05) is 6.92 Å². The van der Waals surface area contributed by atoms with Gasteiger partial charge in [0.1, 0.15) is 0 Å². The summed E-state index contributed by atoms with van der Waals surface area (Å²) in [5.74, 6) is 0. The molecule has 0 bridgehead atoms. The molecule has 0 aromatic heterocycles. The van der Waals surface area contributed by atoms with Gasteiger partial charge in [0.25, 0.3) is 9.05 Å². The lowest BCUT2D eigenvalue weighted by Crippen LogP contribution is -2.01. The Kier molecular flexibility index (Phi) is 6.74. The maximum absolute atomic E-state index is 10.1. The minimum atomic E-state index is -3.35. The molecule has 0 aliphatic rings. The normalized spacial score (nSPS) is 15.8. The highest BCUT2D eigenvalue weighted by atomic mass is 32.9. The van der Waals surface area contributed by atoms with Crippen molar-refractivity contribution in [2.24, 2.45) is 0 Å². The molecule has 0 heterocycles. The summed E-state index contributed by atoms with van der Waals surface area (Å²) >= 11 is 4.01. The van der Waals surface area contributed by atoms with E-state index in [4.69, 9.17) is 4.55 Å². The summed E-state index contributed by atoms with van der Waals surface area (Å²) in [6.07, 6.45) is 0.703. The zero-order chi connectivity index (χ0) is 6.62. The van der Waals surface area contributed by atoms with Gasteiger partial charge in [0.15, 0.2) is 0 Å². The quantitative estimate of drug-likeness (QED) is 0.657. The first-order valence-corrected chi connectivity index (χ1v) is 4.54. The van der Waals surface area contributed by atoms with Gasteiger partial charge in [-0.15, -0.1) is 0 Å². The molecule has 4 nitrogen and oxygen atoms in total. The lowest BCUT2D eigenvalue weighted by atomic mass is 10.5. The summed E-state index contributed by atoms with van der Waals surface area (Å²) in [5, 5.41) is 0. The Hall–Kier alpha value is 0.250. The Bertz CT molecular complexity index is 141. The highest BCUT2D eigenvalue weighted by Crippen LogP contribution is 1.87. The van der Waals surface area contributed by atoms with Crippen LogP contribution in [-0.4, -0.2) is 15.4 Å². The first-order valence-electron chi connectivity index (χ1n) is 2.18. The van der Waals surface area contributed by atoms with Gasteiger partial charge in [0.05, 0.1) is 6.61 Å². The van der Waals surface area contributed by atoms with Crippen LogP contribution in [0, 0.1) is 0 Å². The van der Waals surface area contributed by atoms with Gasteiger partial charge < -0.3 is 6.15 Å². The van der Waals surface area contributed by atoms with Crippen LogP contribution in [0.1, 0.15) is 13.3 Å². The van der Waals surface area contributed by atoms with E-state index in [2.05, 4.69) is 15.4 Å². The predicted molar refractivity (Wildman–Crippen MR) is 39.4 cm³/mol. The molecule has 1 unspecified atom stereocenters. The molecule has 0 saturated carbocycles. The van der Waals surface area contributed by atoms with Crippen LogP contribution in [0.5, 0.6) is 0 Å². The third-order valence-corrected chi connectivity index (χ3v) is 1.19. The Labute approximate surface area is 59.9 Å². The molecule has 58 valence electrons. The predicted octanol–water partition coefficient (Wildman–Crippen LogP) is 0.709. The molecule has 6 heteroatoms. The Balaban J connectivity index is 0. The molecule has 0 amide bonds. The number of hydrogen-bond donors (Lipinski definition) is 2. The van der Waals surface area contributed by atoms with Crippen LogP contribution >= 0.6 is 0 Å². The molecule has 1 atom stereocenters. The van der Waals surface area contributed by atoms with E-state index in [-0.39, 0.29) is 12.8 Å². The van der Waals surface area contributed by atoms with Gasteiger partial charge in [-0.1, -0.05) is 6.92 Å². The van der Waals surface area contributed by atoms with Crippen molar-refractivity contribution in [3.63, 3.8) is 0 Å². The maximum Gasteiger partial charge on any atom is 0.266 e. The second kappa shape index (κ2) is 5.07. The maximum atomic E-state index is 10.1. The van der Waals surface area contributed by atoms with E-state index in [9.17, 15) is 4.21 Å². The third kappa shape index (κ3) is 11.7. The van der Waals surface area contributed by atoms with Crippen LogP contribution in [0.3, 0.4) is 0 Å². The fraction of sp³-hybridized carbons (Fsp3) is 1.00. The number of rotatable bonds is 3. The van der Waals surface area contributed by atoms with E-state index in [1.54, 1.807) is 0 Å². The van der Waals surface area contributed by atoms with Crippen molar-refractivity contribution in [1.82, 2.24) is 6.15 Å². The fourth-order valence-electron chi connectivity index (χ4n) is 0.189. The topological polar surface area (TPSA) is 81.5 Å². The van der Waals surface area contributed by atoms with Crippen molar-refractivity contribution in [2.75, 3.05) is 6.61 Å². The van der Waals surface area contributed by atoms with E-state index in [0.717, 1.165) is 0 Å². The largest absolute Gasteiger partial charge is 0.344 e.